The SMILES string of the molecule is C=CCOOCCCCCCOc1ccc(C#CC(=O)Oc2ccc(-c3ccc(OC(=O)C#Cc4ccc(OCCCCCCOC=C)c(OCCCCCCOC=C)c4OCCCCCCOOCC=C)cc3)cc2)c(OCCCCCCOC=C)c1OCCCCCCOOCC=C. The van der Waals surface area contributed by atoms with Gasteiger partial charge in [-0.05, 0) is 194 Å². The first-order valence-electron chi connectivity index (χ1n) is 35.4. The zero-order valence-electron chi connectivity index (χ0n) is 59.0. The molecule has 19 heteroatoms. The molecule has 4 aromatic rings. The van der Waals surface area contributed by atoms with Crippen LogP contribution in [-0.2, 0) is 53.1 Å². The van der Waals surface area contributed by atoms with Crippen LogP contribution in [0.1, 0.15) is 165 Å². The van der Waals surface area contributed by atoms with Crippen LogP contribution in [0.4, 0.5) is 0 Å². The zero-order chi connectivity index (χ0) is 71.2. The third-order valence-electron chi connectivity index (χ3n) is 14.7. The van der Waals surface area contributed by atoms with Crippen molar-refractivity contribution >= 4 is 11.9 Å². The van der Waals surface area contributed by atoms with Crippen molar-refractivity contribution in [3.8, 4) is 80.8 Å². The Morgan fingerprint density at radius 3 is 0.850 bits per heavy atom. The lowest BCUT2D eigenvalue weighted by molar-refractivity contribution is -0.286. The van der Waals surface area contributed by atoms with Crippen LogP contribution in [-0.4, -0.2) is 111 Å². The molecule has 4 rings (SSSR count). The van der Waals surface area contributed by atoms with E-state index < -0.39 is 11.9 Å². The van der Waals surface area contributed by atoms with E-state index in [1.165, 1.54) is 18.8 Å². The summed E-state index contributed by atoms with van der Waals surface area (Å²) in [6.45, 7) is 28.6. The van der Waals surface area contributed by atoms with Crippen LogP contribution in [0.15, 0.2) is 149 Å². The van der Waals surface area contributed by atoms with Gasteiger partial charge in [0.25, 0.3) is 0 Å². The number of unbranched alkanes of at least 4 members (excludes halogenated alkanes) is 18. The van der Waals surface area contributed by atoms with Crippen LogP contribution >= 0.6 is 0 Å². The Kier molecular flexibility index (Phi) is 48.7. The molecular weight excluding hydrogens is 1280 g/mol. The maximum Gasteiger partial charge on any atom is 0.390 e. The summed E-state index contributed by atoms with van der Waals surface area (Å²) in [5.41, 5.74) is 2.54. The lowest BCUT2D eigenvalue weighted by Crippen LogP contribution is -2.08. The highest BCUT2D eigenvalue weighted by Gasteiger charge is 2.21. The smallest absolute Gasteiger partial charge is 0.390 e. The summed E-state index contributed by atoms with van der Waals surface area (Å²) in [5.74, 6) is 13.1. The third kappa shape index (κ3) is 39.2. The molecule has 0 aliphatic carbocycles. The minimum absolute atomic E-state index is 0.292. The van der Waals surface area contributed by atoms with Gasteiger partial charge in [-0.25, -0.2) is 38.9 Å². The zero-order valence-corrected chi connectivity index (χ0v) is 59.0. The van der Waals surface area contributed by atoms with Gasteiger partial charge in [-0.3, -0.25) is 0 Å². The number of carbonyl (C=O) groups excluding carboxylic acids is 2. The largest absolute Gasteiger partial charge is 0.502 e. The second kappa shape index (κ2) is 58.2. The molecule has 0 bridgehead atoms. The van der Waals surface area contributed by atoms with E-state index in [0.29, 0.717) is 156 Å². The van der Waals surface area contributed by atoms with Crippen molar-refractivity contribution in [2.45, 2.75) is 154 Å². The summed E-state index contributed by atoms with van der Waals surface area (Å²) >= 11 is 0. The van der Waals surface area contributed by atoms with Gasteiger partial charge in [-0.15, -0.1) is 19.7 Å². The number of hydrogen-bond donors (Lipinski definition) is 0. The first-order chi connectivity index (χ1) is 49.3. The van der Waals surface area contributed by atoms with Gasteiger partial charge in [0, 0.05) is 11.8 Å². The van der Waals surface area contributed by atoms with Crippen molar-refractivity contribution in [2.24, 2.45) is 0 Å². The number of hydrogen-bond acceptors (Lipinski definition) is 19. The monoisotopic (exact) mass is 1380 g/mol. The molecule has 100 heavy (non-hydrogen) atoms. The highest BCUT2D eigenvalue weighted by molar-refractivity contribution is 5.92. The Balaban J connectivity index is 1.48. The lowest BCUT2D eigenvalue weighted by atomic mass is 10.1. The fourth-order valence-electron chi connectivity index (χ4n) is 9.56. The Hall–Kier alpha value is -8.66. The summed E-state index contributed by atoms with van der Waals surface area (Å²) in [6.07, 6.45) is 30.4. The lowest BCUT2D eigenvalue weighted by Gasteiger charge is -2.18. The van der Waals surface area contributed by atoms with Gasteiger partial charge in [-0.2, -0.15) is 0 Å². The molecule has 0 aliphatic heterocycles. The Morgan fingerprint density at radius 2 is 0.560 bits per heavy atom. The predicted octanol–water partition coefficient (Wildman–Crippen LogP) is 17.8. The van der Waals surface area contributed by atoms with E-state index in [1.807, 2.05) is 30.3 Å². The van der Waals surface area contributed by atoms with E-state index in [1.54, 1.807) is 60.7 Å². The number of esters is 2. The van der Waals surface area contributed by atoms with Crippen LogP contribution in [0.2, 0.25) is 0 Å². The molecule has 0 spiro atoms. The maximum absolute atomic E-state index is 13.4. The molecule has 0 saturated heterocycles. The fraction of sp³-hybridized carbons (Fsp3) is 0.481. The molecule has 0 fully saturated rings. The molecule has 0 aliphatic rings. The van der Waals surface area contributed by atoms with Gasteiger partial charge in [0.2, 0.25) is 11.5 Å². The number of benzene rings is 4. The molecule has 0 saturated carbocycles. The fourth-order valence-corrected chi connectivity index (χ4v) is 9.56. The molecule has 0 atom stereocenters. The normalized spacial score (nSPS) is 10.6. The van der Waals surface area contributed by atoms with Crippen molar-refractivity contribution in [3.05, 3.63) is 160 Å². The summed E-state index contributed by atoms with van der Waals surface area (Å²) in [5, 5.41) is 0. The average molecular weight is 1390 g/mol. The molecule has 0 radical (unpaired) electrons. The number of carbonyl (C=O) groups is 2. The molecule has 4 aromatic carbocycles. The third-order valence-corrected chi connectivity index (χ3v) is 14.7. The average Bonchev–Trinajstić information content (AvgIpc) is 0.827. The van der Waals surface area contributed by atoms with Crippen LogP contribution in [0.25, 0.3) is 11.1 Å². The molecule has 0 unspecified atom stereocenters. The topological polar surface area (TPSA) is 191 Å². The molecule has 0 aromatic heterocycles. The first-order valence-corrected chi connectivity index (χ1v) is 35.4. The molecule has 19 nitrogen and oxygen atoms in total. The predicted molar refractivity (Wildman–Crippen MR) is 388 cm³/mol. The van der Waals surface area contributed by atoms with Crippen molar-refractivity contribution in [1.82, 2.24) is 0 Å². The molecule has 0 amide bonds. The van der Waals surface area contributed by atoms with Crippen LogP contribution in [0.5, 0.6) is 46.0 Å². The summed E-state index contributed by atoms with van der Waals surface area (Å²) < 4.78 is 66.0. The van der Waals surface area contributed by atoms with Crippen molar-refractivity contribution < 1.29 is 91.0 Å². The maximum atomic E-state index is 13.4. The van der Waals surface area contributed by atoms with Crippen LogP contribution in [0.3, 0.4) is 0 Å². The van der Waals surface area contributed by atoms with Crippen molar-refractivity contribution in [1.29, 1.82) is 0 Å². The Bertz CT molecular complexity index is 3030. The second-order valence-electron chi connectivity index (χ2n) is 22.7. The highest BCUT2D eigenvalue weighted by Crippen LogP contribution is 2.42. The second-order valence-corrected chi connectivity index (χ2v) is 22.7. The number of rotatable bonds is 63. The van der Waals surface area contributed by atoms with Crippen LogP contribution < -0.4 is 37.9 Å². The van der Waals surface area contributed by atoms with Gasteiger partial charge < -0.3 is 52.1 Å². The first kappa shape index (κ1) is 83.8. The number of ether oxygens (including phenoxy) is 11. The summed E-state index contributed by atoms with van der Waals surface area (Å²) in [7, 11) is 0. The standard InChI is InChI=1S/C81H108O19/c1-7-53-93-96-65-34-22-19-29-60-88-75-50-42-70(78(89-61-30-17-14-26-57-85-11-5)81(75)92-64-33-21-24-36-67-98-95-55-9-3)43-51-76(82)99-72-45-37-68(38-46-72)69-39-47-73(48-40-69)100-77(83)52-44-71-41-49-74(87-59-28-16-13-25-56-84-10-4)80(91-63-32-18-15-27-58-86-12-6)79(71)90-62-31-20-23-35-66-97-94-54-8-2/h7-12,37-42,45-50H,1-6,13-36,53-67H2. The van der Waals surface area contributed by atoms with E-state index in [9.17, 15) is 9.59 Å². The van der Waals surface area contributed by atoms with Crippen molar-refractivity contribution in [2.75, 3.05) is 99.1 Å². The molecule has 0 heterocycles. The van der Waals surface area contributed by atoms with Gasteiger partial charge in [0.1, 0.15) is 31.3 Å². The van der Waals surface area contributed by atoms with E-state index >= 15 is 0 Å². The summed E-state index contributed by atoms with van der Waals surface area (Å²) in [6, 6.07) is 21.2. The van der Waals surface area contributed by atoms with Gasteiger partial charge in [-0.1, -0.05) is 93.3 Å². The minimum atomic E-state index is -0.769. The van der Waals surface area contributed by atoms with Gasteiger partial charge in [0.15, 0.2) is 23.0 Å². The molecular formula is C81H108O19. The summed E-state index contributed by atoms with van der Waals surface area (Å²) in [4.78, 5) is 57.6. The van der Waals surface area contributed by atoms with Crippen molar-refractivity contribution in [3.63, 3.8) is 0 Å². The Morgan fingerprint density at radius 1 is 0.290 bits per heavy atom. The van der Waals surface area contributed by atoms with Crippen LogP contribution in [0, 0.1) is 23.7 Å². The quantitative estimate of drug-likeness (QED) is 0.00592. The van der Waals surface area contributed by atoms with Gasteiger partial charge in [0.05, 0.1) is 109 Å². The highest BCUT2D eigenvalue weighted by atomic mass is 17.2. The van der Waals surface area contributed by atoms with E-state index in [-0.39, 0.29) is 0 Å². The van der Waals surface area contributed by atoms with E-state index in [2.05, 4.69) is 63.2 Å². The van der Waals surface area contributed by atoms with E-state index in [0.717, 1.165) is 165 Å². The molecule has 0 N–H and O–H groups in total. The van der Waals surface area contributed by atoms with Gasteiger partial charge >= 0.3 is 11.9 Å². The van der Waals surface area contributed by atoms with E-state index in [4.69, 9.17) is 81.4 Å². The minimum Gasteiger partial charge on any atom is -0.502 e. The molecule has 546 valence electrons. The Labute approximate surface area is 594 Å².